The van der Waals surface area contributed by atoms with Crippen LogP contribution < -0.4 is 16.4 Å². The van der Waals surface area contributed by atoms with Gasteiger partial charge in [0, 0.05) is 0 Å². The molecule has 0 saturated heterocycles. The van der Waals surface area contributed by atoms with E-state index in [-0.39, 0.29) is 30.9 Å². The van der Waals surface area contributed by atoms with Gasteiger partial charge in [-0.05, 0) is 24.6 Å². The van der Waals surface area contributed by atoms with Crippen molar-refractivity contribution in [1.82, 2.24) is 10.6 Å². The van der Waals surface area contributed by atoms with Crippen LogP contribution in [0.2, 0.25) is 10.0 Å². The van der Waals surface area contributed by atoms with E-state index in [0.717, 1.165) is 5.56 Å². The zero-order valence-corrected chi connectivity index (χ0v) is 11.9. The first-order valence-electron chi connectivity index (χ1n) is 5.65. The van der Waals surface area contributed by atoms with Crippen LogP contribution in [0.1, 0.15) is 18.5 Å². The van der Waals surface area contributed by atoms with E-state index in [1.165, 1.54) is 0 Å². The Morgan fingerprint density at radius 2 is 1.95 bits per heavy atom. The van der Waals surface area contributed by atoms with Crippen molar-refractivity contribution in [2.75, 3.05) is 13.1 Å². The van der Waals surface area contributed by atoms with Gasteiger partial charge in [-0.1, -0.05) is 29.3 Å². The Hall–Kier alpha value is -1.30. The van der Waals surface area contributed by atoms with Crippen molar-refractivity contribution in [3.05, 3.63) is 33.8 Å². The normalized spacial score (nSPS) is 11.8. The fraction of sp³-hybridized carbons (Fsp3) is 0.333. The molecule has 0 heterocycles. The van der Waals surface area contributed by atoms with Crippen LogP contribution in [0.3, 0.4) is 0 Å². The van der Waals surface area contributed by atoms with Crippen molar-refractivity contribution < 1.29 is 9.59 Å². The van der Waals surface area contributed by atoms with E-state index in [4.69, 9.17) is 28.9 Å². The summed E-state index contributed by atoms with van der Waals surface area (Å²) in [5.74, 6) is -0.683. The summed E-state index contributed by atoms with van der Waals surface area (Å²) in [4.78, 5) is 22.5. The van der Waals surface area contributed by atoms with Crippen LogP contribution in [0.25, 0.3) is 0 Å². The second-order valence-corrected chi connectivity index (χ2v) is 4.76. The number of carbonyl (C=O) groups is 2. The summed E-state index contributed by atoms with van der Waals surface area (Å²) in [7, 11) is 0. The molecule has 0 aromatic heterocycles. The van der Waals surface area contributed by atoms with Gasteiger partial charge in [0.1, 0.15) is 0 Å². The maximum absolute atomic E-state index is 11.6. The number of nitrogens with one attached hydrogen (secondary N) is 2. The van der Waals surface area contributed by atoms with Crippen molar-refractivity contribution in [3.8, 4) is 0 Å². The maximum atomic E-state index is 11.6. The van der Waals surface area contributed by atoms with Gasteiger partial charge in [0.15, 0.2) is 0 Å². The molecule has 0 fully saturated rings. The fourth-order valence-electron chi connectivity index (χ4n) is 1.41. The zero-order valence-electron chi connectivity index (χ0n) is 10.4. The number of halogens is 2. The van der Waals surface area contributed by atoms with E-state index in [0.29, 0.717) is 10.0 Å². The molecule has 0 aliphatic heterocycles. The molecule has 19 heavy (non-hydrogen) atoms. The highest BCUT2D eigenvalue weighted by atomic mass is 35.5. The molecule has 2 amide bonds. The minimum Gasteiger partial charge on any atom is -0.348 e. The molecule has 1 aromatic carbocycles. The van der Waals surface area contributed by atoms with E-state index in [1.54, 1.807) is 18.2 Å². The minimum atomic E-state index is -0.377. The number of benzene rings is 1. The largest absolute Gasteiger partial charge is 0.348 e. The van der Waals surface area contributed by atoms with Crippen molar-refractivity contribution >= 4 is 35.0 Å². The standard InChI is InChI=1S/C12H15Cl2N3O2/c1-7(8-2-3-9(13)10(14)4-8)17-12(19)6-16-11(18)5-15/h2-4,7H,5-6,15H2,1H3,(H,16,18)(H,17,19). The summed E-state index contributed by atoms with van der Waals surface area (Å²) in [6, 6.07) is 4.89. The molecule has 7 heteroatoms. The third-order valence-electron chi connectivity index (χ3n) is 2.45. The molecule has 0 aliphatic rings. The lowest BCUT2D eigenvalue weighted by atomic mass is 10.1. The van der Waals surface area contributed by atoms with E-state index >= 15 is 0 Å². The predicted molar refractivity (Wildman–Crippen MR) is 75.1 cm³/mol. The van der Waals surface area contributed by atoms with Gasteiger partial charge in [-0.3, -0.25) is 9.59 Å². The van der Waals surface area contributed by atoms with Crippen molar-refractivity contribution in [1.29, 1.82) is 0 Å². The molecule has 5 nitrogen and oxygen atoms in total. The van der Waals surface area contributed by atoms with Gasteiger partial charge in [-0.2, -0.15) is 0 Å². The number of carbonyl (C=O) groups excluding carboxylic acids is 2. The van der Waals surface area contributed by atoms with Gasteiger partial charge >= 0.3 is 0 Å². The summed E-state index contributed by atoms with van der Waals surface area (Å²) in [5, 5.41) is 6.00. The smallest absolute Gasteiger partial charge is 0.239 e. The van der Waals surface area contributed by atoms with E-state index in [2.05, 4.69) is 10.6 Å². The van der Waals surface area contributed by atoms with Gasteiger partial charge in [0.2, 0.25) is 11.8 Å². The lowest BCUT2D eigenvalue weighted by molar-refractivity contribution is -0.125. The molecule has 1 rings (SSSR count). The van der Waals surface area contributed by atoms with E-state index < -0.39 is 0 Å². The number of hydrogen-bond donors (Lipinski definition) is 3. The highest BCUT2D eigenvalue weighted by molar-refractivity contribution is 6.42. The fourth-order valence-corrected chi connectivity index (χ4v) is 1.72. The van der Waals surface area contributed by atoms with Crippen LogP contribution in [0.15, 0.2) is 18.2 Å². The number of hydrogen-bond acceptors (Lipinski definition) is 3. The quantitative estimate of drug-likeness (QED) is 0.765. The molecule has 0 aliphatic carbocycles. The third kappa shape index (κ3) is 5.06. The summed E-state index contributed by atoms with van der Waals surface area (Å²) in [5.41, 5.74) is 5.94. The Kier molecular flexibility index (Phi) is 6.08. The first kappa shape index (κ1) is 15.8. The molecule has 0 spiro atoms. The molecule has 0 radical (unpaired) electrons. The predicted octanol–water partition coefficient (Wildman–Crippen LogP) is 1.25. The van der Waals surface area contributed by atoms with Crippen LogP contribution in [-0.2, 0) is 9.59 Å². The highest BCUT2D eigenvalue weighted by Gasteiger charge is 2.11. The Labute approximate surface area is 121 Å². The molecule has 1 aromatic rings. The van der Waals surface area contributed by atoms with Crippen LogP contribution in [-0.4, -0.2) is 24.9 Å². The van der Waals surface area contributed by atoms with E-state index in [9.17, 15) is 9.59 Å². The second kappa shape index (κ2) is 7.33. The topological polar surface area (TPSA) is 84.2 Å². The number of rotatable bonds is 5. The summed E-state index contributed by atoms with van der Waals surface area (Å²) in [6.45, 7) is 1.56. The molecule has 0 bridgehead atoms. The van der Waals surface area contributed by atoms with Gasteiger partial charge in [0.25, 0.3) is 0 Å². The molecule has 1 unspecified atom stereocenters. The van der Waals surface area contributed by atoms with Crippen LogP contribution in [0.5, 0.6) is 0 Å². The molecular formula is C12H15Cl2N3O2. The molecule has 104 valence electrons. The Morgan fingerprint density at radius 1 is 1.26 bits per heavy atom. The van der Waals surface area contributed by atoms with Crippen molar-refractivity contribution in [2.24, 2.45) is 5.73 Å². The molecular weight excluding hydrogens is 289 g/mol. The van der Waals surface area contributed by atoms with Crippen LogP contribution in [0.4, 0.5) is 0 Å². The minimum absolute atomic E-state index is 0.109. The van der Waals surface area contributed by atoms with Gasteiger partial charge in [-0.15, -0.1) is 0 Å². The monoisotopic (exact) mass is 303 g/mol. The summed E-state index contributed by atoms with van der Waals surface area (Å²) in [6.07, 6.45) is 0. The Balaban J connectivity index is 2.54. The zero-order chi connectivity index (χ0) is 14.4. The highest BCUT2D eigenvalue weighted by Crippen LogP contribution is 2.25. The summed E-state index contributed by atoms with van der Waals surface area (Å²) < 4.78 is 0. The molecule has 4 N–H and O–H groups in total. The Morgan fingerprint density at radius 3 is 2.53 bits per heavy atom. The number of amides is 2. The molecule has 0 saturated carbocycles. The second-order valence-electron chi connectivity index (χ2n) is 3.94. The maximum Gasteiger partial charge on any atom is 0.239 e. The van der Waals surface area contributed by atoms with Gasteiger partial charge < -0.3 is 16.4 Å². The lowest BCUT2D eigenvalue weighted by Gasteiger charge is -2.15. The first-order valence-corrected chi connectivity index (χ1v) is 6.40. The molecule has 1 atom stereocenters. The SMILES string of the molecule is CC(NC(=O)CNC(=O)CN)c1ccc(Cl)c(Cl)c1. The average molecular weight is 304 g/mol. The van der Waals surface area contributed by atoms with Crippen molar-refractivity contribution in [2.45, 2.75) is 13.0 Å². The number of nitrogens with two attached hydrogens (primary N) is 1. The van der Waals surface area contributed by atoms with Gasteiger partial charge in [-0.25, -0.2) is 0 Å². The van der Waals surface area contributed by atoms with E-state index in [1.807, 2.05) is 6.92 Å². The average Bonchev–Trinajstić information content (AvgIpc) is 2.38. The van der Waals surface area contributed by atoms with Crippen LogP contribution >= 0.6 is 23.2 Å². The first-order chi connectivity index (χ1) is 8.93. The van der Waals surface area contributed by atoms with Crippen molar-refractivity contribution in [3.63, 3.8) is 0 Å². The van der Waals surface area contributed by atoms with Crippen LogP contribution in [0, 0.1) is 0 Å². The lowest BCUT2D eigenvalue weighted by Crippen LogP contribution is -2.40. The van der Waals surface area contributed by atoms with Gasteiger partial charge in [0.05, 0.1) is 29.2 Å². The third-order valence-corrected chi connectivity index (χ3v) is 3.19. The Bertz CT molecular complexity index is 480. The summed E-state index contributed by atoms with van der Waals surface area (Å²) >= 11 is 11.7.